The smallest absolute Gasteiger partial charge is 0.410 e. The number of nitrogens with one attached hydrogen (secondary N) is 2. The zero-order chi connectivity index (χ0) is 28.9. The van der Waals surface area contributed by atoms with Crippen molar-refractivity contribution in [1.82, 2.24) is 24.6 Å². The molecule has 2 aromatic heterocycles. The Morgan fingerprint density at radius 2 is 1.95 bits per heavy atom. The van der Waals surface area contributed by atoms with Gasteiger partial charge in [0.25, 0.3) is 6.43 Å². The van der Waals surface area contributed by atoms with Crippen LogP contribution >= 0.6 is 11.6 Å². The van der Waals surface area contributed by atoms with Gasteiger partial charge in [0.05, 0.1) is 18.1 Å². The Balaban J connectivity index is 1.67. The molecule has 1 unspecified atom stereocenters. The van der Waals surface area contributed by atoms with Gasteiger partial charge in [0, 0.05) is 23.5 Å². The molecule has 0 aliphatic carbocycles. The van der Waals surface area contributed by atoms with Crippen LogP contribution in [0.25, 0.3) is 10.9 Å². The molecule has 1 saturated heterocycles. The van der Waals surface area contributed by atoms with Crippen LogP contribution in [0.5, 0.6) is 0 Å². The summed E-state index contributed by atoms with van der Waals surface area (Å²) >= 11 is 6.47. The number of carbonyl (C=O) groups is 2. The maximum atomic E-state index is 13.9. The second-order valence-corrected chi connectivity index (χ2v) is 12.1. The number of likely N-dealkylation sites (tertiary alicyclic amines) is 1. The number of aromatic carboxylic acids is 1. The van der Waals surface area contributed by atoms with Gasteiger partial charge in [0.15, 0.2) is 11.5 Å². The molecule has 0 radical (unpaired) electrons. The molecule has 1 amide bonds. The molecule has 1 aliphatic rings. The van der Waals surface area contributed by atoms with E-state index in [1.807, 2.05) is 26.8 Å². The quantitative estimate of drug-likeness (QED) is 0.327. The number of aromatic nitrogens is 4. The highest BCUT2D eigenvalue weighted by molar-refractivity contribution is 6.32. The van der Waals surface area contributed by atoms with E-state index in [-0.39, 0.29) is 30.9 Å². The molecule has 212 valence electrons. The predicted molar refractivity (Wildman–Crippen MR) is 143 cm³/mol. The maximum absolute atomic E-state index is 13.9. The highest BCUT2D eigenvalue weighted by atomic mass is 35.5. The first-order valence-electron chi connectivity index (χ1n) is 12.6. The van der Waals surface area contributed by atoms with Crippen LogP contribution in [0, 0.1) is 0 Å². The van der Waals surface area contributed by atoms with Crippen LogP contribution in [0.2, 0.25) is 5.02 Å². The number of ether oxygens (including phenoxy) is 1. The lowest BCUT2D eigenvalue weighted by Gasteiger charge is -2.25. The Labute approximate surface area is 229 Å². The lowest BCUT2D eigenvalue weighted by Crippen LogP contribution is -2.35. The van der Waals surface area contributed by atoms with E-state index in [1.165, 1.54) is 9.47 Å². The molecule has 0 spiro atoms. The summed E-state index contributed by atoms with van der Waals surface area (Å²) in [6, 6.07) is 3.11. The second-order valence-electron chi connectivity index (χ2n) is 11.7. The fraction of sp³-hybridized carbons (Fsp3) is 0.538. The third-order valence-electron chi connectivity index (χ3n) is 6.47. The highest BCUT2D eigenvalue weighted by Gasteiger charge is 2.37. The number of rotatable bonds is 6. The first kappa shape index (κ1) is 28.6. The van der Waals surface area contributed by atoms with E-state index >= 15 is 0 Å². The molecule has 10 nitrogen and oxygen atoms in total. The number of anilines is 1. The molecular weight excluding hydrogens is 534 g/mol. The van der Waals surface area contributed by atoms with E-state index in [1.54, 1.807) is 26.8 Å². The number of carboxylic acids is 1. The van der Waals surface area contributed by atoms with E-state index < -0.39 is 41.5 Å². The number of imidazole rings is 1. The van der Waals surface area contributed by atoms with Crippen molar-refractivity contribution in [2.24, 2.45) is 0 Å². The normalized spacial score (nSPS) is 16.4. The number of alkyl halides is 2. The summed E-state index contributed by atoms with van der Waals surface area (Å²) in [5.74, 6) is -0.978. The topological polar surface area (TPSA) is 125 Å². The van der Waals surface area contributed by atoms with Crippen molar-refractivity contribution in [3.63, 3.8) is 0 Å². The van der Waals surface area contributed by atoms with E-state index in [0.717, 1.165) is 10.9 Å². The summed E-state index contributed by atoms with van der Waals surface area (Å²) in [5.41, 5.74) is -0.764. The van der Waals surface area contributed by atoms with Crippen molar-refractivity contribution in [3.8, 4) is 0 Å². The zero-order valence-electron chi connectivity index (χ0n) is 22.7. The van der Waals surface area contributed by atoms with Crippen LogP contribution in [0.1, 0.15) is 88.0 Å². The molecular formula is C26H33ClF2N6O4. The summed E-state index contributed by atoms with van der Waals surface area (Å²) < 4.78 is 34.5. The largest absolute Gasteiger partial charge is 0.477 e. The Kier molecular flexibility index (Phi) is 7.54. The third-order valence-corrected chi connectivity index (χ3v) is 6.79. The van der Waals surface area contributed by atoms with Crippen LogP contribution in [0.15, 0.2) is 12.1 Å². The number of halogens is 3. The average molecular weight is 567 g/mol. The van der Waals surface area contributed by atoms with Gasteiger partial charge in [0.2, 0.25) is 0 Å². The van der Waals surface area contributed by atoms with Crippen molar-refractivity contribution in [2.75, 3.05) is 18.4 Å². The van der Waals surface area contributed by atoms with E-state index in [2.05, 4.69) is 20.5 Å². The van der Waals surface area contributed by atoms with Gasteiger partial charge >= 0.3 is 12.1 Å². The Bertz CT molecular complexity index is 1410. The average Bonchev–Trinajstić information content (AvgIpc) is 3.51. The van der Waals surface area contributed by atoms with Gasteiger partial charge in [-0.1, -0.05) is 32.4 Å². The first-order valence-corrected chi connectivity index (χ1v) is 13.0. The zero-order valence-corrected chi connectivity index (χ0v) is 23.5. The fourth-order valence-corrected chi connectivity index (χ4v) is 5.18. The van der Waals surface area contributed by atoms with E-state index in [4.69, 9.17) is 16.3 Å². The van der Waals surface area contributed by atoms with Crippen molar-refractivity contribution in [1.29, 1.82) is 0 Å². The molecule has 39 heavy (non-hydrogen) atoms. The number of carbonyl (C=O) groups excluding carboxylic acids is 1. The Morgan fingerprint density at radius 1 is 1.26 bits per heavy atom. The van der Waals surface area contributed by atoms with E-state index in [9.17, 15) is 23.5 Å². The monoisotopic (exact) mass is 566 g/mol. The van der Waals surface area contributed by atoms with Gasteiger partial charge in [-0.05, 0) is 50.3 Å². The molecule has 1 atom stereocenters. The summed E-state index contributed by atoms with van der Waals surface area (Å²) in [7, 11) is 0. The van der Waals surface area contributed by atoms with E-state index in [0.29, 0.717) is 22.8 Å². The van der Waals surface area contributed by atoms with Crippen LogP contribution in [-0.4, -0.2) is 60.5 Å². The number of nitrogens with zero attached hydrogens (tertiary/aromatic N) is 4. The summed E-state index contributed by atoms with van der Waals surface area (Å²) in [6.45, 7) is 11.6. The lowest BCUT2D eigenvalue weighted by molar-refractivity contribution is 0.0288. The number of hydrogen-bond acceptors (Lipinski definition) is 6. The van der Waals surface area contributed by atoms with Gasteiger partial charge in [-0.2, -0.15) is 5.10 Å². The van der Waals surface area contributed by atoms with Crippen LogP contribution in [-0.2, 0) is 16.7 Å². The second kappa shape index (κ2) is 10.3. The number of benzene rings is 1. The minimum Gasteiger partial charge on any atom is -0.477 e. The van der Waals surface area contributed by atoms with Crippen LogP contribution in [0.4, 0.5) is 19.4 Å². The molecule has 1 aliphatic heterocycles. The molecule has 0 bridgehead atoms. The molecule has 3 heterocycles. The molecule has 13 heteroatoms. The third kappa shape index (κ3) is 5.95. The standard InChI is InChI=1S/C26H33ClF2N6O4/c1-25(2,3)15-9-14-17(10-16(15)27)32-33-22(14)30-11-18-31-19(21(28)29)20(23(36)37)35(18)13-7-8-34(12-13)24(38)39-26(4,5)6/h9-10,13,21H,7-8,11-12H2,1-6H3,(H,36,37)(H2,30,32,33). The minimum atomic E-state index is -3.10. The molecule has 1 fully saturated rings. The van der Waals surface area contributed by atoms with Gasteiger partial charge in [0.1, 0.15) is 17.1 Å². The number of fused-ring (bicyclic) bond motifs is 1. The fourth-order valence-electron chi connectivity index (χ4n) is 4.74. The number of aromatic amines is 1. The first-order chi connectivity index (χ1) is 18.1. The van der Waals surface area contributed by atoms with Crippen LogP contribution in [0.3, 0.4) is 0 Å². The maximum Gasteiger partial charge on any atom is 0.410 e. The van der Waals surface area contributed by atoms with Crippen molar-refractivity contribution in [2.45, 2.75) is 78.0 Å². The molecule has 1 aromatic carbocycles. The minimum absolute atomic E-state index is 0.0800. The molecule has 0 saturated carbocycles. The highest BCUT2D eigenvalue weighted by Crippen LogP contribution is 2.36. The Hall–Kier alpha value is -3.41. The van der Waals surface area contributed by atoms with Crippen molar-refractivity contribution >= 4 is 40.4 Å². The SMILES string of the molecule is CC(C)(C)OC(=O)N1CCC(n2c(CNc3n[nH]c4cc(Cl)c(C(C)(C)C)cc34)nc(C(F)F)c2C(=O)O)C1. The van der Waals surface area contributed by atoms with Gasteiger partial charge < -0.3 is 24.6 Å². The number of amides is 1. The number of carboxylic acid groups (broad SMARTS) is 1. The summed E-state index contributed by atoms with van der Waals surface area (Å²) in [6.07, 6.45) is -3.29. The van der Waals surface area contributed by atoms with Gasteiger partial charge in [-0.25, -0.2) is 23.4 Å². The lowest BCUT2D eigenvalue weighted by atomic mass is 9.86. The Morgan fingerprint density at radius 3 is 2.54 bits per heavy atom. The van der Waals surface area contributed by atoms with Crippen molar-refractivity contribution < 1.29 is 28.2 Å². The van der Waals surface area contributed by atoms with Crippen molar-refractivity contribution in [3.05, 3.63) is 39.9 Å². The van der Waals surface area contributed by atoms with Crippen LogP contribution < -0.4 is 5.32 Å². The molecule has 3 N–H and O–H groups in total. The summed E-state index contributed by atoms with van der Waals surface area (Å²) in [5, 5.41) is 21.5. The molecule has 4 rings (SSSR count). The number of hydrogen-bond donors (Lipinski definition) is 3. The summed E-state index contributed by atoms with van der Waals surface area (Å²) in [4.78, 5) is 30.2. The van der Waals surface area contributed by atoms with Gasteiger partial charge in [-0.15, -0.1) is 0 Å². The molecule has 3 aromatic rings. The predicted octanol–water partition coefficient (Wildman–Crippen LogP) is 6.14. The number of H-pyrrole nitrogens is 1. The van der Waals surface area contributed by atoms with Gasteiger partial charge in [-0.3, -0.25) is 5.10 Å².